The van der Waals surface area contributed by atoms with E-state index in [0.29, 0.717) is 0 Å². The van der Waals surface area contributed by atoms with E-state index in [4.69, 9.17) is 4.42 Å². The predicted octanol–water partition coefficient (Wildman–Crippen LogP) is 2.79. The quantitative estimate of drug-likeness (QED) is 0.814. The molecule has 0 atom stereocenters. The molecule has 0 spiro atoms. The maximum Gasteiger partial charge on any atom is 0.151 e. The third-order valence-electron chi connectivity index (χ3n) is 3.13. The van der Waals surface area contributed by atoms with Gasteiger partial charge in [0.25, 0.3) is 0 Å². The average molecular weight is 263 g/mol. The Bertz CT molecular complexity index is 516. The van der Waals surface area contributed by atoms with Crippen LogP contribution in [-0.2, 0) is 6.42 Å². The summed E-state index contributed by atoms with van der Waals surface area (Å²) >= 11 is 1.67. The van der Waals surface area contributed by atoms with E-state index in [2.05, 4.69) is 15.5 Å². The maximum absolute atomic E-state index is 5.29. The molecule has 5 heteroatoms. The predicted molar refractivity (Wildman–Crippen MR) is 71.7 cm³/mol. The lowest BCUT2D eigenvalue weighted by molar-refractivity contribution is 0.535. The molecule has 2 aromatic heterocycles. The molecule has 1 saturated carbocycles. The molecule has 0 radical (unpaired) electrons. The van der Waals surface area contributed by atoms with Gasteiger partial charge in [0.2, 0.25) is 0 Å². The maximum atomic E-state index is 5.29. The summed E-state index contributed by atoms with van der Waals surface area (Å²) in [6.45, 7) is 3.04. The van der Waals surface area contributed by atoms with Gasteiger partial charge in [-0.25, -0.2) is 0 Å². The molecule has 3 rings (SSSR count). The van der Waals surface area contributed by atoms with Crippen LogP contribution in [0.25, 0.3) is 10.6 Å². The number of hydrogen-bond donors (Lipinski definition) is 1. The smallest absolute Gasteiger partial charge is 0.151 e. The first-order valence-corrected chi connectivity index (χ1v) is 7.25. The lowest BCUT2D eigenvalue weighted by Crippen LogP contribution is -2.17. The third-order valence-corrected chi connectivity index (χ3v) is 4.15. The molecule has 4 nitrogen and oxygen atoms in total. The van der Waals surface area contributed by atoms with Crippen molar-refractivity contribution in [2.24, 2.45) is 0 Å². The standard InChI is InChI=1S/C13H17N3OS/c1-9-11(6-8-17-9)13-16-15-12(18-13)3-2-7-14-10-4-5-10/h6,8,10,14H,2-5,7H2,1H3. The van der Waals surface area contributed by atoms with Crippen molar-refractivity contribution in [2.45, 2.75) is 38.6 Å². The van der Waals surface area contributed by atoms with Crippen LogP contribution in [0.2, 0.25) is 0 Å². The van der Waals surface area contributed by atoms with Gasteiger partial charge in [-0.15, -0.1) is 10.2 Å². The molecule has 2 heterocycles. The lowest BCUT2D eigenvalue weighted by Gasteiger charge is -1.99. The topological polar surface area (TPSA) is 51.0 Å². The number of furan rings is 1. The van der Waals surface area contributed by atoms with E-state index >= 15 is 0 Å². The summed E-state index contributed by atoms with van der Waals surface area (Å²) in [6.07, 6.45) is 6.54. The molecule has 0 amide bonds. The normalized spacial score (nSPS) is 15.2. The Hall–Kier alpha value is -1.20. The zero-order valence-electron chi connectivity index (χ0n) is 10.5. The van der Waals surface area contributed by atoms with E-state index in [-0.39, 0.29) is 0 Å². The zero-order chi connectivity index (χ0) is 12.4. The van der Waals surface area contributed by atoms with Crippen molar-refractivity contribution < 1.29 is 4.42 Å². The Morgan fingerprint density at radius 2 is 2.33 bits per heavy atom. The molecule has 0 bridgehead atoms. The molecule has 1 aliphatic carbocycles. The van der Waals surface area contributed by atoms with Gasteiger partial charge in [0, 0.05) is 12.5 Å². The van der Waals surface area contributed by atoms with Gasteiger partial charge in [0.15, 0.2) is 5.01 Å². The van der Waals surface area contributed by atoms with Crippen LogP contribution in [0, 0.1) is 6.92 Å². The van der Waals surface area contributed by atoms with Crippen molar-refractivity contribution in [3.8, 4) is 10.6 Å². The van der Waals surface area contributed by atoms with E-state index in [1.54, 1.807) is 17.6 Å². The summed E-state index contributed by atoms with van der Waals surface area (Å²) in [7, 11) is 0. The van der Waals surface area contributed by atoms with E-state index < -0.39 is 0 Å². The minimum Gasteiger partial charge on any atom is -0.469 e. The second-order valence-corrected chi connectivity index (χ2v) is 5.79. The van der Waals surface area contributed by atoms with Crippen LogP contribution in [-0.4, -0.2) is 22.8 Å². The van der Waals surface area contributed by atoms with Crippen LogP contribution in [0.15, 0.2) is 16.7 Å². The fourth-order valence-electron chi connectivity index (χ4n) is 1.90. The molecule has 0 aromatic carbocycles. The zero-order valence-corrected chi connectivity index (χ0v) is 11.3. The fourth-order valence-corrected chi connectivity index (χ4v) is 2.86. The van der Waals surface area contributed by atoms with Crippen molar-refractivity contribution in [3.05, 3.63) is 23.1 Å². The van der Waals surface area contributed by atoms with Crippen molar-refractivity contribution in [1.82, 2.24) is 15.5 Å². The van der Waals surface area contributed by atoms with Gasteiger partial charge in [-0.05, 0) is 38.8 Å². The molecule has 0 unspecified atom stereocenters. The Balaban J connectivity index is 1.54. The fraction of sp³-hybridized carbons (Fsp3) is 0.538. The monoisotopic (exact) mass is 263 g/mol. The molecule has 0 aliphatic heterocycles. The SMILES string of the molecule is Cc1occc1-c1nnc(CCCNC2CC2)s1. The Kier molecular flexibility index (Phi) is 3.43. The highest BCUT2D eigenvalue weighted by Gasteiger charge is 2.19. The number of nitrogens with one attached hydrogen (secondary N) is 1. The molecular formula is C13H17N3OS. The van der Waals surface area contributed by atoms with Crippen LogP contribution in [0.3, 0.4) is 0 Å². The summed E-state index contributed by atoms with van der Waals surface area (Å²) in [5.41, 5.74) is 1.06. The highest BCUT2D eigenvalue weighted by molar-refractivity contribution is 7.14. The highest BCUT2D eigenvalue weighted by atomic mass is 32.1. The van der Waals surface area contributed by atoms with E-state index in [1.807, 2.05) is 13.0 Å². The van der Waals surface area contributed by atoms with Crippen LogP contribution in [0.4, 0.5) is 0 Å². The number of nitrogens with zero attached hydrogens (tertiary/aromatic N) is 2. The summed E-state index contributed by atoms with van der Waals surface area (Å²) in [4.78, 5) is 0. The Labute approximate surface area is 110 Å². The van der Waals surface area contributed by atoms with Gasteiger partial charge >= 0.3 is 0 Å². The molecule has 0 saturated heterocycles. The van der Waals surface area contributed by atoms with Gasteiger partial charge in [-0.3, -0.25) is 0 Å². The second-order valence-electron chi connectivity index (χ2n) is 4.72. The first-order valence-electron chi connectivity index (χ1n) is 6.43. The molecular weight excluding hydrogens is 246 g/mol. The van der Waals surface area contributed by atoms with Gasteiger partial charge in [-0.2, -0.15) is 0 Å². The van der Waals surface area contributed by atoms with Gasteiger partial charge in [0.1, 0.15) is 10.8 Å². The minimum absolute atomic E-state index is 0.795. The number of rotatable bonds is 6. The number of hydrogen-bond acceptors (Lipinski definition) is 5. The molecule has 1 N–H and O–H groups in total. The summed E-state index contributed by atoms with van der Waals surface area (Å²) in [5.74, 6) is 0.910. The van der Waals surface area contributed by atoms with Gasteiger partial charge < -0.3 is 9.73 Å². The van der Waals surface area contributed by atoms with Crippen LogP contribution in [0.5, 0.6) is 0 Å². The molecule has 1 fully saturated rings. The van der Waals surface area contributed by atoms with Gasteiger partial charge in [0.05, 0.1) is 11.8 Å². The molecule has 1 aliphatic rings. The average Bonchev–Trinajstić information content (AvgIpc) is 2.90. The summed E-state index contributed by atoms with van der Waals surface area (Å²) < 4.78 is 5.29. The minimum atomic E-state index is 0.795. The third kappa shape index (κ3) is 2.79. The largest absolute Gasteiger partial charge is 0.469 e. The molecule has 2 aromatic rings. The second kappa shape index (κ2) is 5.20. The summed E-state index contributed by atoms with van der Waals surface area (Å²) in [6, 6.07) is 2.75. The van der Waals surface area contributed by atoms with E-state index in [1.165, 1.54) is 12.8 Å². The first-order chi connectivity index (χ1) is 8.83. The number of aryl methyl sites for hydroxylation is 2. The van der Waals surface area contributed by atoms with E-state index in [0.717, 1.165) is 46.8 Å². The number of aromatic nitrogens is 2. The van der Waals surface area contributed by atoms with Crippen molar-refractivity contribution >= 4 is 11.3 Å². The summed E-state index contributed by atoms with van der Waals surface area (Å²) in [5, 5.41) is 14.1. The van der Waals surface area contributed by atoms with Crippen molar-refractivity contribution in [3.63, 3.8) is 0 Å². The van der Waals surface area contributed by atoms with Gasteiger partial charge in [-0.1, -0.05) is 11.3 Å². The van der Waals surface area contributed by atoms with Crippen molar-refractivity contribution in [1.29, 1.82) is 0 Å². The van der Waals surface area contributed by atoms with Crippen LogP contribution >= 0.6 is 11.3 Å². The Morgan fingerprint density at radius 1 is 1.44 bits per heavy atom. The first kappa shape index (κ1) is 11.9. The van der Waals surface area contributed by atoms with E-state index in [9.17, 15) is 0 Å². The molecule has 18 heavy (non-hydrogen) atoms. The highest BCUT2D eigenvalue weighted by Crippen LogP contribution is 2.27. The lowest BCUT2D eigenvalue weighted by atomic mass is 10.3. The van der Waals surface area contributed by atoms with Crippen LogP contribution < -0.4 is 5.32 Å². The van der Waals surface area contributed by atoms with Crippen LogP contribution in [0.1, 0.15) is 30.0 Å². The Morgan fingerprint density at radius 3 is 3.06 bits per heavy atom. The molecule has 96 valence electrons. The van der Waals surface area contributed by atoms with Crippen molar-refractivity contribution in [2.75, 3.05) is 6.54 Å².